The van der Waals surface area contributed by atoms with E-state index in [0.29, 0.717) is 0 Å². The Hall–Kier alpha value is -7.06. The second-order valence-corrected chi connectivity index (χ2v) is 15.2. The number of aryl methyl sites for hydroxylation is 6. The van der Waals surface area contributed by atoms with Crippen LogP contribution in [-0.2, 0) is 25.7 Å². The van der Waals surface area contributed by atoms with E-state index in [0.717, 1.165) is 59.8 Å². The van der Waals surface area contributed by atoms with Gasteiger partial charge in [0.1, 0.15) is 0 Å². The maximum atomic E-state index is 4.64. The molecule has 0 unspecified atom stereocenters. The lowest BCUT2D eigenvalue weighted by Crippen LogP contribution is -2.16. The second kappa shape index (κ2) is 11.7. The summed E-state index contributed by atoms with van der Waals surface area (Å²) < 4.78 is 4.94. The lowest BCUT2D eigenvalue weighted by atomic mass is 9.74. The van der Waals surface area contributed by atoms with Gasteiger partial charge in [-0.15, -0.1) is 0 Å². The highest BCUT2D eigenvalue weighted by atomic mass is 15.0. The van der Waals surface area contributed by atoms with Gasteiger partial charge in [-0.1, -0.05) is 0 Å². The average Bonchev–Trinajstić information content (AvgIpc) is 3.75. The largest absolute Gasteiger partial charge is 0.307 e. The van der Waals surface area contributed by atoms with E-state index in [4.69, 9.17) is 0 Å². The van der Waals surface area contributed by atoms with Gasteiger partial charge in [-0.2, -0.15) is 0 Å². The molecule has 8 nitrogen and oxygen atoms in total. The Bertz CT molecular complexity index is 3050. The van der Waals surface area contributed by atoms with Crippen molar-refractivity contribution in [1.82, 2.24) is 39.0 Å². The van der Waals surface area contributed by atoms with Gasteiger partial charge in [0.05, 0.1) is 45.8 Å². The summed E-state index contributed by atoms with van der Waals surface area (Å²) in [6.45, 7) is 4.37. The number of hydrogen-bond acceptors (Lipinski definition) is 6. The molecule has 0 saturated heterocycles. The zero-order valence-electron chi connectivity index (χ0n) is 31.0. The topological polar surface area (TPSA) is 87.2 Å². The summed E-state index contributed by atoms with van der Waals surface area (Å²) in [7, 11) is 0. The molecule has 6 heterocycles. The van der Waals surface area contributed by atoms with Gasteiger partial charge in [-0.05, 0) is 157 Å². The molecule has 0 radical (unpaired) electrons. The number of aromatic nitrogens is 8. The molecule has 56 heavy (non-hydrogen) atoms. The number of hydrogen-bond donors (Lipinski definition) is 0. The highest BCUT2D eigenvalue weighted by molar-refractivity contribution is 6.16. The molecule has 0 bridgehead atoms. The van der Waals surface area contributed by atoms with Crippen LogP contribution < -0.4 is 0 Å². The summed E-state index contributed by atoms with van der Waals surface area (Å²) in [6, 6.07) is 26.3. The lowest BCUT2D eigenvalue weighted by molar-refractivity contribution is 0.882. The predicted octanol–water partition coefficient (Wildman–Crippen LogP) is 10.1. The second-order valence-electron chi connectivity index (χ2n) is 15.2. The monoisotopic (exact) mass is 722 g/mol. The van der Waals surface area contributed by atoms with E-state index in [-0.39, 0.29) is 0 Å². The first kappa shape index (κ1) is 31.3. The molecule has 6 aromatic heterocycles. The lowest BCUT2D eigenvalue weighted by Gasteiger charge is -2.31. The molecule has 0 atom stereocenters. The van der Waals surface area contributed by atoms with Crippen molar-refractivity contribution in [3.8, 4) is 45.3 Å². The van der Waals surface area contributed by atoms with Crippen LogP contribution in [0.15, 0.2) is 122 Å². The van der Waals surface area contributed by atoms with Gasteiger partial charge in [0.15, 0.2) is 11.6 Å². The number of benzene rings is 4. The van der Waals surface area contributed by atoms with E-state index >= 15 is 0 Å². The van der Waals surface area contributed by atoms with Crippen LogP contribution in [-0.4, -0.2) is 39.0 Å². The third-order valence-electron chi connectivity index (χ3n) is 12.2. The van der Waals surface area contributed by atoms with Crippen LogP contribution >= 0.6 is 0 Å². The molecule has 0 fully saturated rings. The van der Waals surface area contributed by atoms with Crippen molar-refractivity contribution in [1.29, 1.82) is 0 Å². The highest BCUT2D eigenvalue weighted by Gasteiger charge is 2.33. The van der Waals surface area contributed by atoms with Crippen LogP contribution in [0, 0.1) is 13.8 Å². The molecule has 4 aromatic carbocycles. The molecular weight excluding hydrogens is 689 g/mol. The van der Waals surface area contributed by atoms with Crippen LogP contribution in [0.3, 0.4) is 0 Å². The van der Waals surface area contributed by atoms with Gasteiger partial charge in [-0.25, -0.2) is 19.9 Å². The van der Waals surface area contributed by atoms with Crippen LogP contribution in [0.25, 0.3) is 88.9 Å². The van der Waals surface area contributed by atoms with E-state index in [1.165, 1.54) is 88.1 Å². The fourth-order valence-corrected chi connectivity index (χ4v) is 9.71. The molecule has 0 N–H and O–H groups in total. The minimum atomic E-state index is 0.734. The predicted molar refractivity (Wildman–Crippen MR) is 222 cm³/mol. The molecule has 0 spiro atoms. The fourth-order valence-electron chi connectivity index (χ4n) is 9.71. The third-order valence-corrected chi connectivity index (χ3v) is 12.2. The summed E-state index contributed by atoms with van der Waals surface area (Å²) in [5.41, 5.74) is 20.0. The quantitative estimate of drug-likeness (QED) is 0.180. The Morgan fingerprint density at radius 1 is 0.464 bits per heavy atom. The van der Waals surface area contributed by atoms with Gasteiger partial charge < -0.3 is 9.13 Å². The van der Waals surface area contributed by atoms with Gasteiger partial charge >= 0.3 is 0 Å². The highest BCUT2D eigenvalue weighted by Crippen LogP contribution is 2.51. The summed E-state index contributed by atoms with van der Waals surface area (Å²) >= 11 is 0. The van der Waals surface area contributed by atoms with E-state index in [9.17, 15) is 0 Å². The van der Waals surface area contributed by atoms with Crippen LogP contribution in [0.1, 0.15) is 33.4 Å². The molecule has 10 aromatic rings. The SMILES string of the molecule is Cc1ccncc1-n1c2ccc(-c3ncccn3)cc2c2cc3c4c(c21)CCc1cc2c5cc(-c6ncccn6)ccc5n(-c5cnccc5C)c2c(c1-4)CC3. The average molecular weight is 723 g/mol. The molecule has 2 aliphatic rings. The van der Waals surface area contributed by atoms with E-state index in [1.807, 2.05) is 61.7 Å². The van der Waals surface area contributed by atoms with E-state index in [2.05, 4.69) is 114 Å². The Kier molecular flexibility index (Phi) is 6.55. The van der Waals surface area contributed by atoms with Crippen molar-refractivity contribution in [2.24, 2.45) is 0 Å². The fraction of sp³-hybridized carbons (Fsp3) is 0.125. The maximum Gasteiger partial charge on any atom is 0.159 e. The molecule has 266 valence electrons. The van der Waals surface area contributed by atoms with E-state index in [1.54, 1.807) is 0 Å². The van der Waals surface area contributed by atoms with Crippen molar-refractivity contribution in [2.75, 3.05) is 0 Å². The Balaban J connectivity index is 1.19. The van der Waals surface area contributed by atoms with Gasteiger partial charge in [0, 0.05) is 69.9 Å². The van der Waals surface area contributed by atoms with Crippen molar-refractivity contribution in [2.45, 2.75) is 39.5 Å². The van der Waals surface area contributed by atoms with Crippen LogP contribution in [0.2, 0.25) is 0 Å². The molecular formula is C48H34N8. The Morgan fingerprint density at radius 3 is 1.34 bits per heavy atom. The maximum absolute atomic E-state index is 4.64. The molecule has 12 rings (SSSR count). The zero-order chi connectivity index (χ0) is 37.1. The molecule has 8 heteroatoms. The van der Waals surface area contributed by atoms with E-state index < -0.39 is 0 Å². The first-order valence-electron chi connectivity index (χ1n) is 19.3. The molecule has 0 saturated carbocycles. The third kappa shape index (κ3) is 4.35. The summed E-state index contributed by atoms with van der Waals surface area (Å²) in [4.78, 5) is 27.7. The Labute approximate surface area is 322 Å². The minimum absolute atomic E-state index is 0.734. The van der Waals surface area contributed by atoms with Crippen molar-refractivity contribution < 1.29 is 0 Å². The normalized spacial score (nSPS) is 13.2. The first-order valence-corrected chi connectivity index (χ1v) is 19.3. The van der Waals surface area contributed by atoms with Crippen molar-refractivity contribution >= 4 is 43.6 Å². The molecule has 0 amide bonds. The van der Waals surface area contributed by atoms with Crippen molar-refractivity contribution in [3.05, 3.63) is 156 Å². The number of pyridine rings is 2. The number of fused-ring (bicyclic) bond motifs is 8. The van der Waals surface area contributed by atoms with Crippen molar-refractivity contribution in [3.63, 3.8) is 0 Å². The van der Waals surface area contributed by atoms with Gasteiger partial charge in [-0.3, -0.25) is 9.97 Å². The Morgan fingerprint density at radius 2 is 0.911 bits per heavy atom. The minimum Gasteiger partial charge on any atom is -0.307 e. The molecule has 2 aliphatic carbocycles. The zero-order valence-corrected chi connectivity index (χ0v) is 31.0. The van der Waals surface area contributed by atoms with Gasteiger partial charge in [0.2, 0.25) is 0 Å². The summed E-state index contributed by atoms with van der Waals surface area (Å²) in [5.74, 6) is 1.47. The smallest absolute Gasteiger partial charge is 0.159 e. The standard InChI is InChI=1S/C48H34N8/c1-27-13-19-49-25-41(27)55-39-11-7-31(47-51-15-3-16-52-47)23-35(39)37-21-29-6-10-34-44-30(5-9-33(43(29)44)45(37)55)22-38-36-24-32(48-53-17-4-18-54-48)8-12-40(36)56(46(34)38)42-26-50-20-14-28(42)2/h3-4,7-8,11-26H,5-6,9-10H2,1-2H3. The number of rotatable bonds is 4. The van der Waals surface area contributed by atoms with Crippen LogP contribution in [0.5, 0.6) is 0 Å². The van der Waals surface area contributed by atoms with Crippen LogP contribution in [0.4, 0.5) is 0 Å². The first-order chi connectivity index (χ1) is 27.6. The summed E-state index contributed by atoms with van der Waals surface area (Å²) in [6.07, 6.45) is 18.9. The van der Waals surface area contributed by atoms with Gasteiger partial charge in [0.25, 0.3) is 0 Å². The molecule has 0 aliphatic heterocycles. The number of nitrogens with zero attached hydrogens (tertiary/aromatic N) is 8. The summed E-state index contributed by atoms with van der Waals surface area (Å²) in [5, 5.41) is 4.98.